The van der Waals surface area contributed by atoms with Gasteiger partial charge in [0.1, 0.15) is 0 Å². The van der Waals surface area contributed by atoms with Crippen molar-refractivity contribution in [3.05, 3.63) is 35.4 Å². The van der Waals surface area contributed by atoms with Gasteiger partial charge < -0.3 is 4.43 Å². The molecule has 0 amide bonds. The normalized spacial score (nSPS) is 21.7. The van der Waals surface area contributed by atoms with E-state index in [4.69, 9.17) is 16.0 Å². The van der Waals surface area contributed by atoms with Crippen molar-refractivity contribution in [3.63, 3.8) is 0 Å². The summed E-state index contributed by atoms with van der Waals surface area (Å²) < 4.78 is 5.63. The van der Waals surface area contributed by atoms with Gasteiger partial charge in [0.15, 0.2) is 0 Å². The molecule has 1 nitrogen and oxygen atoms in total. The van der Waals surface area contributed by atoms with Crippen molar-refractivity contribution in [2.45, 2.75) is 37.2 Å². The van der Waals surface area contributed by atoms with E-state index < -0.39 is 9.04 Å². The third kappa shape index (κ3) is 2.34. The van der Waals surface area contributed by atoms with Gasteiger partial charge in [0, 0.05) is 6.61 Å². The summed E-state index contributed by atoms with van der Waals surface area (Å²) in [4.78, 5) is 0. The molecule has 0 aliphatic carbocycles. The Labute approximate surface area is 104 Å². The highest BCUT2D eigenvalue weighted by Gasteiger charge is 2.39. The van der Waals surface area contributed by atoms with Crippen molar-refractivity contribution in [1.82, 2.24) is 0 Å². The maximum Gasteiger partial charge on any atom is 0.237 e. The molecule has 0 saturated carbocycles. The highest BCUT2D eigenvalue weighted by molar-refractivity contribution is 6.66. The number of halogens is 1. The van der Waals surface area contributed by atoms with Crippen LogP contribution in [0.3, 0.4) is 0 Å². The summed E-state index contributed by atoms with van der Waals surface area (Å²) in [5.41, 5.74) is 2.51. The Balaban J connectivity index is 2.26. The van der Waals surface area contributed by atoms with Crippen molar-refractivity contribution in [3.8, 4) is 0 Å². The molecule has 1 saturated heterocycles. The van der Waals surface area contributed by atoms with Gasteiger partial charge in [-0.05, 0) is 37.4 Å². The molecular formula is C13H18ClOSi. The standard InChI is InChI=1S/C13H18ClOSi/c1-11-7-3-4-8-12(11)13(2,14)16-10-6-5-9-15-16/h3-4,7-8H,5-6,9-10H2,1-2H3. The second kappa shape index (κ2) is 4.90. The summed E-state index contributed by atoms with van der Waals surface area (Å²) in [5.74, 6) is 0. The van der Waals surface area contributed by atoms with Gasteiger partial charge in [-0.3, -0.25) is 0 Å². The highest BCUT2D eigenvalue weighted by Crippen LogP contribution is 2.37. The Morgan fingerprint density at radius 2 is 2.06 bits per heavy atom. The average Bonchev–Trinajstić information content (AvgIpc) is 2.30. The maximum atomic E-state index is 6.77. The molecule has 1 fully saturated rings. The lowest BCUT2D eigenvalue weighted by molar-refractivity contribution is 0.277. The van der Waals surface area contributed by atoms with E-state index in [0.29, 0.717) is 0 Å². The fourth-order valence-electron chi connectivity index (χ4n) is 2.28. The first-order chi connectivity index (χ1) is 7.62. The number of aryl methyl sites for hydroxylation is 1. The molecule has 1 heterocycles. The summed E-state index contributed by atoms with van der Waals surface area (Å²) in [6.45, 7) is 5.14. The summed E-state index contributed by atoms with van der Waals surface area (Å²) in [5, 5.41) is 0. The second-order valence-corrected chi connectivity index (χ2v) is 8.25. The van der Waals surface area contributed by atoms with Crippen LogP contribution in [0.2, 0.25) is 6.04 Å². The van der Waals surface area contributed by atoms with Crippen LogP contribution in [0, 0.1) is 6.92 Å². The lowest BCUT2D eigenvalue weighted by atomic mass is 10.1. The van der Waals surface area contributed by atoms with Crippen LogP contribution in [0.4, 0.5) is 0 Å². The fourth-order valence-corrected chi connectivity index (χ4v) is 5.36. The van der Waals surface area contributed by atoms with Crippen LogP contribution in [0.15, 0.2) is 24.3 Å². The van der Waals surface area contributed by atoms with Gasteiger partial charge >= 0.3 is 0 Å². The van der Waals surface area contributed by atoms with Crippen LogP contribution < -0.4 is 0 Å². The lowest BCUT2D eigenvalue weighted by Crippen LogP contribution is -2.41. The third-order valence-corrected chi connectivity index (χ3v) is 6.76. The first-order valence-electron chi connectivity index (χ1n) is 5.86. The quantitative estimate of drug-likeness (QED) is 0.576. The molecule has 1 radical (unpaired) electrons. The predicted molar refractivity (Wildman–Crippen MR) is 70.1 cm³/mol. The van der Waals surface area contributed by atoms with Gasteiger partial charge in [0.25, 0.3) is 0 Å². The second-order valence-electron chi connectivity index (χ2n) is 4.55. The molecule has 87 valence electrons. The summed E-state index contributed by atoms with van der Waals surface area (Å²) in [7, 11) is -0.933. The van der Waals surface area contributed by atoms with E-state index in [9.17, 15) is 0 Å². The largest absolute Gasteiger partial charge is 0.414 e. The van der Waals surface area contributed by atoms with Gasteiger partial charge in [-0.15, -0.1) is 11.6 Å². The smallest absolute Gasteiger partial charge is 0.237 e. The zero-order chi connectivity index (χ0) is 11.6. The summed E-state index contributed by atoms with van der Waals surface area (Å²) in [6.07, 6.45) is 2.46. The lowest BCUT2D eigenvalue weighted by Gasteiger charge is -2.33. The van der Waals surface area contributed by atoms with Crippen LogP contribution in [-0.2, 0) is 8.92 Å². The molecule has 3 heteroatoms. The third-order valence-electron chi connectivity index (χ3n) is 3.25. The van der Waals surface area contributed by atoms with E-state index in [1.165, 1.54) is 30.0 Å². The molecule has 1 aromatic rings. The van der Waals surface area contributed by atoms with Crippen LogP contribution >= 0.6 is 11.6 Å². The Morgan fingerprint density at radius 1 is 1.31 bits per heavy atom. The minimum absolute atomic E-state index is 0.295. The SMILES string of the molecule is Cc1ccccc1C(C)(Cl)[Si]1CCCCO1. The van der Waals surface area contributed by atoms with E-state index in [1.807, 2.05) is 0 Å². The summed E-state index contributed by atoms with van der Waals surface area (Å²) in [6, 6.07) is 9.55. The van der Waals surface area contributed by atoms with E-state index in [0.717, 1.165) is 6.61 Å². The molecular weight excluding hydrogens is 236 g/mol. The monoisotopic (exact) mass is 253 g/mol. The molecule has 0 N–H and O–H groups in total. The number of benzene rings is 1. The minimum atomic E-state index is -0.933. The first-order valence-corrected chi connectivity index (χ1v) is 7.86. The molecule has 16 heavy (non-hydrogen) atoms. The van der Waals surface area contributed by atoms with Crippen LogP contribution in [0.25, 0.3) is 0 Å². The number of hydrogen-bond donors (Lipinski definition) is 0. The number of hydrogen-bond acceptors (Lipinski definition) is 1. The zero-order valence-electron chi connectivity index (χ0n) is 9.92. The molecule has 1 aromatic carbocycles. The van der Waals surface area contributed by atoms with Gasteiger partial charge in [-0.25, -0.2) is 0 Å². The van der Waals surface area contributed by atoms with E-state index in [-0.39, 0.29) is 4.50 Å². The molecule has 1 unspecified atom stereocenters. The van der Waals surface area contributed by atoms with Crippen molar-refractivity contribution in [2.75, 3.05) is 6.61 Å². The molecule has 0 aromatic heterocycles. The van der Waals surface area contributed by atoms with Crippen molar-refractivity contribution < 1.29 is 4.43 Å². The van der Waals surface area contributed by atoms with Crippen LogP contribution in [0.5, 0.6) is 0 Å². The Bertz CT molecular complexity index is 359. The molecule has 2 rings (SSSR count). The zero-order valence-corrected chi connectivity index (χ0v) is 11.7. The van der Waals surface area contributed by atoms with Gasteiger partial charge in [0.2, 0.25) is 9.04 Å². The highest BCUT2D eigenvalue weighted by atomic mass is 35.5. The topological polar surface area (TPSA) is 9.23 Å². The van der Waals surface area contributed by atoms with E-state index in [1.54, 1.807) is 0 Å². The number of rotatable bonds is 2. The van der Waals surface area contributed by atoms with Crippen molar-refractivity contribution in [2.24, 2.45) is 0 Å². The Morgan fingerprint density at radius 3 is 2.69 bits per heavy atom. The predicted octanol–water partition coefficient (Wildman–Crippen LogP) is 3.79. The summed E-state index contributed by atoms with van der Waals surface area (Å²) >= 11 is 6.77. The van der Waals surface area contributed by atoms with Crippen molar-refractivity contribution >= 4 is 20.6 Å². The molecule has 1 aliphatic heterocycles. The minimum Gasteiger partial charge on any atom is -0.414 e. The van der Waals surface area contributed by atoms with Gasteiger partial charge in [0.05, 0.1) is 4.50 Å². The maximum absolute atomic E-state index is 6.77. The molecule has 1 atom stereocenters. The van der Waals surface area contributed by atoms with Crippen molar-refractivity contribution in [1.29, 1.82) is 0 Å². The first kappa shape index (κ1) is 12.2. The fraction of sp³-hybridized carbons (Fsp3) is 0.538. The number of alkyl halides is 1. The molecule has 0 bridgehead atoms. The van der Waals surface area contributed by atoms with Crippen LogP contribution in [0.1, 0.15) is 30.9 Å². The average molecular weight is 254 g/mol. The van der Waals surface area contributed by atoms with E-state index in [2.05, 4.69) is 38.1 Å². The van der Waals surface area contributed by atoms with E-state index >= 15 is 0 Å². The van der Waals surface area contributed by atoms with Gasteiger partial charge in [-0.1, -0.05) is 30.7 Å². The Hall–Kier alpha value is -0.313. The van der Waals surface area contributed by atoms with Gasteiger partial charge in [-0.2, -0.15) is 0 Å². The molecule has 0 spiro atoms. The molecule has 1 aliphatic rings. The Kier molecular flexibility index (Phi) is 3.72. The van der Waals surface area contributed by atoms with Crippen LogP contribution in [-0.4, -0.2) is 15.6 Å².